The first kappa shape index (κ1) is 18.7. The van der Waals surface area contributed by atoms with E-state index in [-0.39, 0.29) is 17.5 Å². The summed E-state index contributed by atoms with van der Waals surface area (Å²) in [7, 11) is 1.46. The minimum absolute atomic E-state index is 0.187. The highest BCUT2D eigenvalue weighted by atomic mass is 19.1. The standard InChI is InChI=1S/C18H27FN2O3/c1-18(2,3)24-17(22)13-21-9-7-20(8-10-21)12-14-5-6-16(23-4)15(19)11-14/h5-6,11H,7-10,12-13H2,1-4H3. The SMILES string of the molecule is COc1ccc(CN2CCN(CC(=O)OC(C)(C)C)CC2)cc1F. The van der Waals surface area contributed by atoms with Crippen LogP contribution in [0.25, 0.3) is 0 Å². The third-order valence-corrected chi connectivity index (χ3v) is 3.86. The molecule has 1 heterocycles. The van der Waals surface area contributed by atoms with E-state index in [1.165, 1.54) is 13.2 Å². The molecular formula is C18H27FN2O3. The Labute approximate surface area is 143 Å². The van der Waals surface area contributed by atoms with Gasteiger partial charge in [-0.25, -0.2) is 4.39 Å². The van der Waals surface area contributed by atoms with Crippen LogP contribution in [0.5, 0.6) is 5.75 Å². The first-order chi connectivity index (χ1) is 11.3. The van der Waals surface area contributed by atoms with Gasteiger partial charge in [-0.2, -0.15) is 0 Å². The van der Waals surface area contributed by atoms with Crippen LogP contribution in [0.2, 0.25) is 0 Å². The summed E-state index contributed by atoms with van der Waals surface area (Å²) in [6.07, 6.45) is 0. The largest absolute Gasteiger partial charge is 0.494 e. The highest BCUT2D eigenvalue weighted by molar-refractivity contribution is 5.72. The zero-order chi connectivity index (χ0) is 17.7. The van der Waals surface area contributed by atoms with Gasteiger partial charge in [-0.1, -0.05) is 6.07 Å². The van der Waals surface area contributed by atoms with Gasteiger partial charge in [-0.3, -0.25) is 14.6 Å². The van der Waals surface area contributed by atoms with Crippen molar-refractivity contribution in [3.8, 4) is 5.75 Å². The molecule has 5 nitrogen and oxygen atoms in total. The van der Waals surface area contributed by atoms with Crippen LogP contribution >= 0.6 is 0 Å². The monoisotopic (exact) mass is 338 g/mol. The van der Waals surface area contributed by atoms with Crippen LogP contribution in [0.4, 0.5) is 4.39 Å². The number of carbonyl (C=O) groups excluding carboxylic acids is 1. The molecule has 1 aromatic rings. The zero-order valence-electron chi connectivity index (χ0n) is 15.0. The predicted octanol–water partition coefficient (Wildman–Crippen LogP) is 2.29. The van der Waals surface area contributed by atoms with Crippen molar-refractivity contribution in [1.29, 1.82) is 0 Å². The lowest BCUT2D eigenvalue weighted by Crippen LogP contribution is -2.48. The minimum Gasteiger partial charge on any atom is -0.494 e. The van der Waals surface area contributed by atoms with Crippen LogP contribution in [-0.4, -0.2) is 61.2 Å². The van der Waals surface area contributed by atoms with Gasteiger partial charge in [0.2, 0.25) is 0 Å². The van der Waals surface area contributed by atoms with Crippen molar-refractivity contribution in [3.05, 3.63) is 29.6 Å². The zero-order valence-corrected chi connectivity index (χ0v) is 15.0. The maximum absolute atomic E-state index is 13.7. The topological polar surface area (TPSA) is 42.0 Å². The van der Waals surface area contributed by atoms with Crippen molar-refractivity contribution in [2.24, 2.45) is 0 Å². The van der Waals surface area contributed by atoms with Gasteiger partial charge < -0.3 is 9.47 Å². The van der Waals surface area contributed by atoms with E-state index < -0.39 is 5.60 Å². The maximum Gasteiger partial charge on any atom is 0.320 e. The van der Waals surface area contributed by atoms with E-state index in [0.29, 0.717) is 13.1 Å². The van der Waals surface area contributed by atoms with Gasteiger partial charge in [-0.05, 0) is 38.5 Å². The molecule has 24 heavy (non-hydrogen) atoms. The molecule has 0 saturated carbocycles. The third kappa shape index (κ3) is 5.76. The molecule has 0 unspecified atom stereocenters. The predicted molar refractivity (Wildman–Crippen MR) is 90.5 cm³/mol. The fourth-order valence-electron chi connectivity index (χ4n) is 2.73. The van der Waals surface area contributed by atoms with E-state index in [0.717, 1.165) is 31.7 Å². The lowest BCUT2D eigenvalue weighted by molar-refractivity contribution is -0.156. The third-order valence-electron chi connectivity index (χ3n) is 3.86. The summed E-state index contributed by atoms with van der Waals surface area (Å²) in [5.74, 6) is -0.257. The molecule has 0 atom stereocenters. The molecule has 1 aliphatic heterocycles. The van der Waals surface area contributed by atoms with Gasteiger partial charge in [-0.15, -0.1) is 0 Å². The molecule has 1 aliphatic rings. The number of benzene rings is 1. The lowest BCUT2D eigenvalue weighted by atomic mass is 10.1. The summed E-state index contributed by atoms with van der Waals surface area (Å²) in [5.41, 5.74) is 0.478. The van der Waals surface area contributed by atoms with Crippen LogP contribution in [0.1, 0.15) is 26.3 Å². The minimum atomic E-state index is -0.447. The molecule has 1 saturated heterocycles. The Morgan fingerprint density at radius 2 is 1.79 bits per heavy atom. The van der Waals surface area contributed by atoms with E-state index in [9.17, 15) is 9.18 Å². The van der Waals surface area contributed by atoms with Crippen molar-refractivity contribution >= 4 is 5.97 Å². The highest BCUT2D eigenvalue weighted by Gasteiger charge is 2.22. The fourth-order valence-corrected chi connectivity index (χ4v) is 2.73. The molecule has 0 amide bonds. The van der Waals surface area contributed by atoms with Gasteiger partial charge in [0.05, 0.1) is 13.7 Å². The molecular weight excluding hydrogens is 311 g/mol. The number of methoxy groups -OCH3 is 1. The van der Waals surface area contributed by atoms with E-state index >= 15 is 0 Å². The van der Waals surface area contributed by atoms with Gasteiger partial charge in [0, 0.05) is 32.7 Å². The fraction of sp³-hybridized carbons (Fsp3) is 0.611. The first-order valence-electron chi connectivity index (χ1n) is 8.26. The first-order valence-corrected chi connectivity index (χ1v) is 8.26. The summed E-state index contributed by atoms with van der Waals surface area (Å²) in [4.78, 5) is 16.2. The molecule has 134 valence electrons. The Kier molecular flexibility index (Phi) is 6.18. The number of esters is 1. The molecule has 2 rings (SSSR count). The van der Waals surface area contributed by atoms with Gasteiger partial charge in [0.25, 0.3) is 0 Å². The average Bonchev–Trinajstić information content (AvgIpc) is 2.47. The van der Waals surface area contributed by atoms with E-state index in [4.69, 9.17) is 9.47 Å². The second-order valence-electron chi connectivity index (χ2n) is 7.11. The van der Waals surface area contributed by atoms with E-state index in [1.54, 1.807) is 6.07 Å². The van der Waals surface area contributed by atoms with E-state index in [1.807, 2.05) is 26.8 Å². The Bertz CT molecular complexity index is 564. The quantitative estimate of drug-likeness (QED) is 0.771. The average molecular weight is 338 g/mol. The van der Waals surface area contributed by atoms with Crippen molar-refractivity contribution in [3.63, 3.8) is 0 Å². The van der Waals surface area contributed by atoms with Crippen LogP contribution in [0.15, 0.2) is 18.2 Å². The molecule has 0 bridgehead atoms. The summed E-state index contributed by atoms with van der Waals surface area (Å²) in [6, 6.07) is 5.06. The maximum atomic E-state index is 13.7. The van der Waals surface area contributed by atoms with Crippen molar-refractivity contribution < 1.29 is 18.7 Å². The van der Waals surface area contributed by atoms with Crippen molar-refractivity contribution in [2.75, 3.05) is 39.8 Å². The molecule has 0 aliphatic carbocycles. The Hall–Kier alpha value is -1.66. The lowest BCUT2D eigenvalue weighted by Gasteiger charge is -2.34. The number of rotatable bonds is 5. The molecule has 6 heteroatoms. The Morgan fingerprint density at radius 3 is 2.33 bits per heavy atom. The number of hydrogen-bond donors (Lipinski definition) is 0. The number of piperazine rings is 1. The van der Waals surface area contributed by atoms with Crippen LogP contribution in [0.3, 0.4) is 0 Å². The molecule has 1 fully saturated rings. The molecule has 0 radical (unpaired) electrons. The number of ether oxygens (including phenoxy) is 2. The molecule has 0 aromatic heterocycles. The summed E-state index contributed by atoms with van der Waals surface area (Å²) in [6.45, 7) is 9.93. The summed E-state index contributed by atoms with van der Waals surface area (Å²) < 4.78 is 24.0. The Morgan fingerprint density at radius 1 is 1.17 bits per heavy atom. The molecule has 0 spiro atoms. The number of carbonyl (C=O) groups is 1. The summed E-state index contributed by atoms with van der Waals surface area (Å²) in [5, 5.41) is 0. The number of hydrogen-bond acceptors (Lipinski definition) is 5. The van der Waals surface area contributed by atoms with Gasteiger partial charge in [0.15, 0.2) is 11.6 Å². The van der Waals surface area contributed by atoms with Crippen molar-refractivity contribution in [2.45, 2.75) is 32.9 Å². The van der Waals surface area contributed by atoms with Crippen molar-refractivity contribution in [1.82, 2.24) is 9.80 Å². The smallest absolute Gasteiger partial charge is 0.320 e. The normalized spacial score (nSPS) is 16.9. The second kappa shape index (κ2) is 7.94. The number of halogens is 1. The molecule has 1 aromatic carbocycles. The van der Waals surface area contributed by atoms with Gasteiger partial charge >= 0.3 is 5.97 Å². The number of nitrogens with zero attached hydrogens (tertiary/aromatic N) is 2. The van der Waals surface area contributed by atoms with Gasteiger partial charge in [0.1, 0.15) is 5.60 Å². The van der Waals surface area contributed by atoms with E-state index in [2.05, 4.69) is 9.80 Å². The second-order valence-corrected chi connectivity index (χ2v) is 7.11. The molecule has 0 N–H and O–H groups in total. The van der Waals surface area contributed by atoms with Crippen LogP contribution in [-0.2, 0) is 16.1 Å². The van der Waals surface area contributed by atoms with Crippen LogP contribution < -0.4 is 4.74 Å². The van der Waals surface area contributed by atoms with Crippen LogP contribution in [0, 0.1) is 5.82 Å². The Balaban J connectivity index is 1.78. The summed E-state index contributed by atoms with van der Waals surface area (Å²) >= 11 is 0. The highest BCUT2D eigenvalue weighted by Crippen LogP contribution is 2.19.